The molecule has 1 atom stereocenters. The molecule has 1 unspecified atom stereocenters. The van der Waals surface area contributed by atoms with E-state index in [1.807, 2.05) is 13.8 Å². The summed E-state index contributed by atoms with van der Waals surface area (Å²) in [5.41, 5.74) is 0.674. The lowest BCUT2D eigenvalue weighted by Crippen LogP contribution is -2.31. The van der Waals surface area contributed by atoms with E-state index in [2.05, 4.69) is 15.9 Å². The second-order valence-corrected chi connectivity index (χ2v) is 5.14. The number of alkyl halides is 1. The van der Waals surface area contributed by atoms with Crippen molar-refractivity contribution >= 4 is 21.8 Å². The predicted octanol–water partition coefficient (Wildman–Crippen LogP) is 2.70. The highest BCUT2D eigenvalue weighted by atomic mass is 79.9. The first-order valence-electron chi connectivity index (χ1n) is 5.02. The molecule has 15 heavy (non-hydrogen) atoms. The van der Waals surface area contributed by atoms with E-state index in [9.17, 15) is 4.79 Å². The average molecular weight is 274 g/mol. The van der Waals surface area contributed by atoms with Crippen molar-refractivity contribution in [3.8, 4) is 0 Å². The monoisotopic (exact) mass is 273 g/mol. The van der Waals surface area contributed by atoms with E-state index in [0.717, 1.165) is 12.2 Å². The highest BCUT2D eigenvalue weighted by molar-refractivity contribution is 9.09. The predicted molar refractivity (Wildman–Crippen MR) is 63.4 cm³/mol. The van der Waals surface area contributed by atoms with E-state index < -0.39 is 0 Å². The molecule has 3 nitrogen and oxygen atoms in total. The molecule has 4 heteroatoms. The van der Waals surface area contributed by atoms with Crippen LogP contribution in [0.15, 0.2) is 16.7 Å². The molecule has 0 aliphatic carbocycles. The van der Waals surface area contributed by atoms with E-state index in [1.165, 1.54) is 0 Å². The number of hydrogen-bond acceptors (Lipinski definition) is 2. The van der Waals surface area contributed by atoms with Crippen molar-refractivity contribution in [3.63, 3.8) is 0 Å². The smallest absolute Gasteiger partial charge is 0.257 e. The average Bonchev–Trinajstić information content (AvgIpc) is 2.62. The largest absolute Gasteiger partial charge is 0.469 e. The van der Waals surface area contributed by atoms with Crippen LogP contribution in [0.3, 0.4) is 0 Å². The van der Waals surface area contributed by atoms with Crippen LogP contribution in [0.1, 0.15) is 30.0 Å². The second-order valence-electron chi connectivity index (χ2n) is 3.58. The molecule has 0 spiro atoms. The molecule has 1 rings (SSSR count). The Morgan fingerprint density at radius 1 is 1.67 bits per heavy atom. The number of nitrogens with zero attached hydrogens (tertiary/aromatic N) is 1. The minimum absolute atomic E-state index is 0.0203. The normalized spacial score (nSPS) is 12.5. The van der Waals surface area contributed by atoms with Gasteiger partial charge in [-0.15, -0.1) is 0 Å². The van der Waals surface area contributed by atoms with Gasteiger partial charge in [-0.25, -0.2) is 0 Å². The third-order valence-corrected chi connectivity index (χ3v) is 2.46. The fraction of sp³-hybridized carbons (Fsp3) is 0.545. The van der Waals surface area contributed by atoms with Crippen LogP contribution >= 0.6 is 15.9 Å². The molecular formula is C11H16BrNO2. The molecule has 0 bridgehead atoms. The highest BCUT2D eigenvalue weighted by Crippen LogP contribution is 2.14. The first-order valence-corrected chi connectivity index (χ1v) is 5.93. The van der Waals surface area contributed by atoms with Gasteiger partial charge in [0.2, 0.25) is 0 Å². The van der Waals surface area contributed by atoms with Gasteiger partial charge in [0.15, 0.2) is 0 Å². The van der Waals surface area contributed by atoms with Gasteiger partial charge in [0.25, 0.3) is 5.91 Å². The Bertz CT molecular complexity index is 333. The fourth-order valence-electron chi connectivity index (χ4n) is 1.47. The molecule has 0 aliphatic heterocycles. The van der Waals surface area contributed by atoms with Crippen LogP contribution in [0.5, 0.6) is 0 Å². The summed E-state index contributed by atoms with van der Waals surface area (Å²) in [4.78, 5) is 14.0. The van der Waals surface area contributed by atoms with Crippen molar-refractivity contribution in [2.24, 2.45) is 0 Å². The third kappa shape index (κ3) is 3.09. The first kappa shape index (κ1) is 12.3. The maximum absolute atomic E-state index is 12.0. The van der Waals surface area contributed by atoms with E-state index in [4.69, 9.17) is 4.42 Å². The number of aryl methyl sites for hydroxylation is 1. The summed E-state index contributed by atoms with van der Waals surface area (Å²) in [5, 5.41) is 0. The van der Waals surface area contributed by atoms with Crippen molar-refractivity contribution < 1.29 is 9.21 Å². The van der Waals surface area contributed by atoms with E-state index >= 15 is 0 Å². The summed E-state index contributed by atoms with van der Waals surface area (Å²) in [7, 11) is 1.80. The van der Waals surface area contributed by atoms with Crippen LogP contribution in [0, 0.1) is 0 Å². The van der Waals surface area contributed by atoms with Crippen LogP contribution in [0.2, 0.25) is 0 Å². The quantitative estimate of drug-likeness (QED) is 0.791. The molecular weight excluding hydrogens is 258 g/mol. The lowest BCUT2D eigenvalue weighted by molar-refractivity contribution is 0.0795. The van der Waals surface area contributed by atoms with Crippen molar-refractivity contribution in [2.75, 3.05) is 13.6 Å². The Labute approximate surface area is 98.6 Å². The van der Waals surface area contributed by atoms with Crippen molar-refractivity contribution in [2.45, 2.75) is 25.1 Å². The standard InChI is InChI=1S/C11H16BrNO2/c1-4-10-9(5-6-15-10)11(14)13(3)7-8(2)12/h5-6,8H,4,7H2,1-3H3. The molecule has 1 heterocycles. The minimum Gasteiger partial charge on any atom is -0.469 e. The molecule has 1 amide bonds. The Balaban J connectivity index is 2.76. The second kappa shape index (κ2) is 5.35. The molecule has 0 aliphatic rings. The highest BCUT2D eigenvalue weighted by Gasteiger charge is 2.17. The molecule has 1 aromatic rings. The minimum atomic E-state index is 0.0203. The summed E-state index contributed by atoms with van der Waals surface area (Å²) in [6, 6.07) is 1.73. The van der Waals surface area contributed by atoms with Crippen molar-refractivity contribution in [1.82, 2.24) is 4.90 Å². The summed E-state index contributed by atoms with van der Waals surface area (Å²) in [5.74, 6) is 0.779. The number of amides is 1. The SMILES string of the molecule is CCc1occc1C(=O)N(C)CC(C)Br. The van der Waals surface area contributed by atoms with Crippen LogP contribution in [0.4, 0.5) is 0 Å². The van der Waals surface area contributed by atoms with Gasteiger partial charge in [-0.2, -0.15) is 0 Å². The number of carbonyl (C=O) groups is 1. The van der Waals surface area contributed by atoms with Crippen LogP contribution in [-0.4, -0.2) is 29.2 Å². The van der Waals surface area contributed by atoms with Crippen LogP contribution < -0.4 is 0 Å². The maximum atomic E-state index is 12.0. The topological polar surface area (TPSA) is 33.5 Å². The van der Waals surface area contributed by atoms with Gasteiger partial charge in [-0.05, 0) is 6.07 Å². The molecule has 0 fully saturated rings. The lowest BCUT2D eigenvalue weighted by Gasteiger charge is -2.18. The van der Waals surface area contributed by atoms with Crippen LogP contribution in [-0.2, 0) is 6.42 Å². The summed E-state index contributed by atoms with van der Waals surface area (Å²) in [6.07, 6.45) is 2.31. The van der Waals surface area contributed by atoms with Crippen molar-refractivity contribution in [3.05, 3.63) is 23.7 Å². The van der Waals surface area contributed by atoms with Gasteiger partial charge >= 0.3 is 0 Å². The summed E-state index contributed by atoms with van der Waals surface area (Å²) in [6.45, 7) is 4.68. The zero-order chi connectivity index (χ0) is 11.4. The van der Waals surface area contributed by atoms with Gasteiger partial charge in [0.1, 0.15) is 5.76 Å². The number of rotatable bonds is 4. The zero-order valence-corrected chi connectivity index (χ0v) is 10.9. The summed E-state index contributed by atoms with van der Waals surface area (Å²) < 4.78 is 5.23. The van der Waals surface area contributed by atoms with E-state index in [1.54, 1.807) is 24.3 Å². The molecule has 1 aromatic heterocycles. The maximum Gasteiger partial charge on any atom is 0.257 e. The molecule has 0 N–H and O–H groups in total. The van der Waals surface area contributed by atoms with Gasteiger partial charge < -0.3 is 9.32 Å². The first-order chi connectivity index (χ1) is 7.06. The third-order valence-electron chi connectivity index (χ3n) is 2.17. The number of carbonyl (C=O) groups excluding carboxylic acids is 1. The van der Waals surface area contributed by atoms with Gasteiger partial charge in [-0.3, -0.25) is 4.79 Å². The number of halogens is 1. The molecule has 0 radical (unpaired) electrons. The Hall–Kier alpha value is -0.770. The van der Waals surface area contributed by atoms with Gasteiger partial charge in [0, 0.05) is 24.8 Å². The molecule has 0 saturated carbocycles. The zero-order valence-electron chi connectivity index (χ0n) is 9.29. The lowest BCUT2D eigenvalue weighted by atomic mass is 10.2. The molecule has 0 saturated heterocycles. The number of furan rings is 1. The summed E-state index contributed by atoms with van der Waals surface area (Å²) >= 11 is 3.42. The number of hydrogen-bond donors (Lipinski definition) is 0. The Morgan fingerprint density at radius 3 is 2.87 bits per heavy atom. The van der Waals surface area contributed by atoms with Gasteiger partial charge in [-0.1, -0.05) is 29.8 Å². The van der Waals surface area contributed by atoms with Crippen LogP contribution in [0.25, 0.3) is 0 Å². The molecule has 84 valence electrons. The van der Waals surface area contributed by atoms with E-state index in [0.29, 0.717) is 16.9 Å². The molecule has 0 aromatic carbocycles. The van der Waals surface area contributed by atoms with Gasteiger partial charge in [0.05, 0.1) is 11.8 Å². The van der Waals surface area contributed by atoms with Crippen molar-refractivity contribution in [1.29, 1.82) is 0 Å². The van der Waals surface area contributed by atoms with E-state index in [-0.39, 0.29) is 5.91 Å². The Morgan fingerprint density at radius 2 is 2.33 bits per heavy atom. The Kier molecular flexibility index (Phi) is 4.39. The fourth-order valence-corrected chi connectivity index (χ4v) is 1.91.